The summed E-state index contributed by atoms with van der Waals surface area (Å²) in [6.45, 7) is 4.30. The lowest BCUT2D eigenvalue weighted by atomic mass is 9.92. The topological polar surface area (TPSA) is 26.0 Å². The van der Waals surface area contributed by atoms with Crippen LogP contribution in [0.3, 0.4) is 0 Å². The van der Waals surface area contributed by atoms with Crippen LogP contribution in [0.25, 0.3) is 0 Å². The largest absolute Gasteiger partial charge is 0.327 e. The van der Waals surface area contributed by atoms with Crippen molar-refractivity contribution in [2.45, 2.75) is 39.2 Å². The molecule has 0 saturated carbocycles. The smallest absolute Gasteiger partial charge is 0.141 e. The molecule has 0 fully saturated rings. The third-order valence-corrected chi connectivity index (χ3v) is 3.22. The Labute approximate surface area is 102 Å². The minimum atomic E-state index is -0.374. The Morgan fingerprint density at radius 1 is 1.44 bits per heavy atom. The van der Waals surface area contributed by atoms with E-state index in [1.54, 1.807) is 12.1 Å². The normalized spacial score (nSPS) is 14.8. The van der Waals surface area contributed by atoms with Crippen LogP contribution in [-0.4, -0.2) is 6.04 Å². The van der Waals surface area contributed by atoms with E-state index < -0.39 is 0 Å². The summed E-state index contributed by atoms with van der Waals surface area (Å²) in [7, 11) is 0. The maximum atomic E-state index is 13.0. The minimum absolute atomic E-state index is 0.112. The van der Waals surface area contributed by atoms with Gasteiger partial charge in [0.1, 0.15) is 5.82 Å². The molecule has 1 aromatic carbocycles. The Bertz CT molecular complexity index is 341. The highest BCUT2D eigenvalue weighted by Crippen LogP contribution is 2.19. The first-order chi connectivity index (χ1) is 7.54. The third kappa shape index (κ3) is 3.76. The van der Waals surface area contributed by atoms with Gasteiger partial charge in [-0.3, -0.25) is 0 Å². The quantitative estimate of drug-likeness (QED) is 0.837. The first kappa shape index (κ1) is 13.5. The zero-order chi connectivity index (χ0) is 12.1. The van der Waals surface area contributed by atoms with Crippen molar-refractivity contribution < 1.29 is 4.39 Å². The van der Waals surface area contributed by atoms with E-state index in [9.17, 15) is 4.39 Å². The summed E-state index contributed by atoms with van der Waals surface area (Å²) in [6, 6.07) is 4.92. The first-order valence-corrected chi connectivity index (χ1v) is 6.12. The van der Waals surface area contributed by atoms with Crippen molar-refractivity contribution in [3.63, 3.8) is 0 Å². The molecule has 0 aliphatic heterocycles. The number of nitrogens with two attached hydrogens (primary N) is 1. The van der Waals surface area contributed by atoms with Gasteiger partial charge >= 0.3 is 0 Å². The fraction of sp³-hybridized carbons (Fsp3) is 0.538. The molecule has 0 radical (unpaired) electrons. The molecule has 90 valence electrons. The SMILES string of the molecule is CCCC(C)C(N)Cc1ccc(F)c(Cl)c1. The van der Waals surface area contributed by atoms with Gasteiger partial charge in [-0.1, -0.05) is 37.9 Å². The van der Waals surface area contributed by atoms with Gasteiger partial charge in [0.2, 0.25) is 0 Å². The summed E-state index contributed by atoms with van der Waals surface area (Å²) in [6.07, 6.45) is 3.01. The van der Waals surface area contributed by atoms with Crippen LogP contribution in [0.4, 0.5) is 4.39 Å². The molecule has 2 N–H and O–H groups in total. The van der Waals surface area contributed by atoms with Gasteiger partial charge in [0.05, 0.1) is 5.02 Å². The molecule has 1 nitrogen and oxygen atoms in total. The highest BCUT2D eigenvalue weighted by molar-refractivity contribution is 6.30. The molecule has 0 aromatic heterocycles. The van der Waals surface area contributed by atoms with E-state index in [1.807, 2.05) is 0 Å². The Balaban J connectivity index is 2.62. The molecule has 16 heavy (non-hydrogen) atoms. The number of halogens is 2. The van der Waals surface area contributed by atoms with Gasteiger partial charge in [-0.15, -0.1) is 0 Å². The highest BCUT2D eigenvalue weighted by Gasteiger charge is 2.13. The molecular formula is C13H19ClFN. The standard InChI is InChI=1S/C13H19ClFN/c1-3-4-9(2)13(16)8-10-5-6-12(15)11(14)7-10/h5-7,9,13H,3-4,8,16H2,1-2H3. The van der Waals surface area contributed by atoms with Crippen molar-refractivity contribution >= 4 is 11.6 Å². The van der Waals surface area contributed by atoms with Crippen LogP contribution in [0.15, 0.2) is 18.2 Å². The first-order valence-electron chi connectivity index (χ1n) is 5.74. The number of hydrogen-bond acceptors (Lipinski definition) is 1. The second kappa shape index (κ2) is 6.21. The van der Waals surface area contributed by atoms with E-state index in [4.69, 9.17) is 17.3 Å². The van der Waals surface area contributed by atoms with Crippen molar-refractivity contribution in [3.8, 4) is 0 Å². The van der Waals surface area contributed by atoms with Crippen molar-refractivity contribution in [2.75, 3.05) is 0 Å². The summed E-state index contributed by atoms with van der Waals surface area (Å²) in [4.78, 5) is 0. The predicted molar refractivity (Wildman–Crippen MR) is 67.2 cm³/mol. The van der Waals surface area contributed by atoms with Crippen LogP contribution < -0.4 is 5.73 Å². The van der Waals surface area contributed by atoms with E-state index in [1.165, 1.54) is 6.07 Å². The molecule has 0 bridgehead atoms. The fourth-order valence-electron chi connectivity index (χ4n) is 1.81. The average molecular weight is 244 g/mol. The predicted octanol–water partition coefficient (Wildman–Crippen LogP) is 3.79. The second-order valence-corrected chi connectivity index (χ2v) is 4.79. The van der Waals surface area contributed by atoms with E-state index >= 15 is 0 Å². The van der Waals surface area contributed by atoms with Crippen LogP contribution in [-0.2, 0) is 6.42 Å². The van der Waals surface area contributed by atoms with Gasteiger partial charge in [0.15, 0.2) is 0 Å². The van der Waals surface area contributed by atoms with Crippen molar-refractivity contribution in [3.05, 3.63) is 34.6 Å². The molecule has 1 aromatic rings. The van der Waals surface area contributed by atoms with E-state index in [0.29, 0.717) is 5.92 Å². The van der Waals surface area contributed by atoms with Crippen LogP contribution in [0, 0.1) is 11.7 Å². The van der Waals surface area contributed by atoms with Crippen LogP contribution >= 0.6 is 11.6 Å². The minimum Gasteiger partial charge on any atom is -0.327 e. The molecule has 0 spiro atoms. The second-order valence-electron chi connectivity index (χ2n) is 4.38. The molecule has 3 heteroatoms. The van der Waals surface area contributed by atoms with Gasteiger partial charge in [0, 0.05) is 6.04 Å². The lowest BCUT2D eigenvalue weighted by molar-refractivity contribution is 0.420. The summed E-state index contributed by atoms with van der Waals surface area (Å²) in [5.41, 5.74) is 7.09. The van der Waals surface area contributed by atoms with Crippen molar-refractivity contribution in [1.29, 1.82) is 0 Å². The van der Waals surface area contributed by atoms with Gasteiger partial charge in [-0.25, -0.2) is 4.39 Å². The maximum Gasteiger partial charge on any atom is 0.141 e. The Morgan fingerprint density at radius 2 is 2.12 bits per heavy atom. The molecule has 0 aliphatic carbocycles. The van der Waals surface area contributed by atoms with E-state index in [0.717, 1.165) is 24.8 Å². The average Bonchev–Trinajstić information content (AvgIpc) is 2.24. The van der Waals surface area contributed by atoms with Gasteiger partial charge in [0.25, 0.3) is 0 Å². The molecule has 0 amide bonds. The molecule has 2 unspecified atom stereocenters. The number of rotatable bonds is 5. The van der Waals surface area contributed by atoms with Crippen LogP contribution in [0.2, 0.25) is 5.02 Å². The molecule has 0 heterocycles. The molecule has 1 rings (SSSR count). The summed E-state index contributed by atoms with van der Waals surface area (Å²) >= 11 is 5.72. The lowest BCUT2D eigenvalue weighted by Crippen LogP contribution is -2.30. The van der Waals surface area contributed by atoms with Crippen molar-refractivity contribution in [1.82, 2.24) is 0 Å². The molecule has 0 saturated heterocycles. The van der Waals surface area contributed by atoms with Crippen LogP contribution in [0.5, 0.6) is 0 Å². The van der Waals surface area contributed by atoms with Gasteiger partial charge < -0.3 is 5.73 Å². The lowest BCUT2D eigenvalue weighted by Gasteiger charge is -2.19. The zero-order valence-electron chi connectivity index (χ0n) is 9.84. The van der Waals surface area contributed by atoms with Gasteiger partial charge in [-0.2, -0.15) is 0 Å². The summed E-state index contributed by atoms with van der Waals surface area (Å²) in [5.74, 6) is 0.106. The summed E-state index contributed by atoms with van der Waals surface area (Å²) < 4.78 is 13.0. The van der Waals surface area contributed by atoms with Crippen molar-refractivity contribution in [2.24, 2.45) is 11.7 Å². The third-order valence-electron chi connectivity index (χ3n) is 2.93. The zero-order valence-corrected chi connectivity index (χ0v) is 10.6. The number of hydrogen-bond donors (Lipinski definition) is 1. The summed E-state index contributed by atoms with van der Waals surface area (Å²) in [5, 5.41) is 0.174. The highest BCUT2D eigenvalue weighted by atomic mass is 35.5. The molecule has 2 atom stereocenters. The van der Waals surface area contributed by atoms with Gasteiger partial charge in [-0.05, 0) is 36.5 Å². The van der Waals surface area contributed by atoms with E-state index in [-0.39, 0.29) is 16.9 Å². The monoisotopic (exact) mass is 243 g/mol. The molecule has 0 aliphatic rings. The fourth-order valence-corrected chi connectivity index (χ4v) is 2.01. The van der Waals surface area contributed by atoms with E-state index in [2.05, 4.69) is 13.8 Å². The Hall–Kier alpha value is -0.600. The maximum absolute atomic E-state index is 13.0. The number of benzene rings is 1. The Kier molecular flexibility index (Phi) is 5.23. The Morgan fingerprint density at radius 3 is 2.69 bits per heavy atom. The molecular weight excluding hydrogens is 225 g/mol. The van der Waals surface area contributed by atoms with Crippen LogP contribution in [0.1, 0.15) is 32.3 Å².